The zero-order chi connectivity index (χ0) is 14.0. The van der Waals surface area contributed by atoms with Crippen LogP contribution in [0.5, 0.6) is 0 Å². The monoisotopic (exact) mass is 282 g/mol. The first-order chi connectivity index (χ1) is 8.96. The Morgan fingerprint density at radius 1 is 1.26 bits per heavy atom. The summed E-state index contributed by atoms with van der Waals surface area (Å²) in [7, 11) is -3.84. The Morgan fingerprint density at radius 3 is 2.47 bits per heavy atom. The predicted octanol–water partition coefficient (Wildman–Crippen LogP) is 0.112. The molecule has 2 rings (SSSR count). The Balaban J connectivity index is 2.43. The third-order valence-electron chi connectivity index (χ3n) is 2.95. The molecule has 1 atom stereocenters. The van der Waals surface area contributed by atoms with E-state index in [1.807, 2.05) is 0 Å². The first-order valence-corrected chi connectivity index (χ1v) is 7.31. The summed E-state index contributed by atoms with van der Waals surface area (Å²) in [5.74, 6) is -1.17. The average Bonchev–Trinajstić information content (AvgIpc) is 2.39. The van der Waals surface area contributed by atoms with Gasteiger partial charge in [-0.3, -0.25) is 14.9 Å². The van der Waals surface area contributed by atoms with Gasteiger partial charge in [-0.25, -0.2) is 8.42 Å². The van der Waals surface area contributed by atoms with Crippen molar-refractivity contribution < 1.29 is 18.0 Å². The van der Waals surface area contributed by atoms with Crippen LogP contribution in [0.1, 0.15) is 13.3 Å². The molecule has 1 N–H and O–H groups in total. The zero-order valence-electron chi connectivity index (χ0n) is 10.4. The first-order valence-electron chi connectivity index (χ1n) is 5.87. The Hall–Kier alpha value is -1.73. The van der Waals surface area contributed by atoms with Gasteiger partial charge in [0.2, 0.25) is 21.8 Å². The predicted molar refractivity (Wildman–Crippen MR) is 67.6 cm³/mol. The van der Waals surface area contributed by atoms with Crippen LogP contribution in [-0.2, 0) is 19.6 Å². The van der Waals surface area contributed by atoms with Crippen LogP contribution < -0.4 is 5.32 Å². The summed E-state index contributed by atoms with van der Waals surface area (Å²) >= 11 is 0. The van der Waals surface area contributed by atoms with E-state index in [-0.39, 0.29) is 11.4 Å². The third-order valence-corrected chi connectivity index (χ3v) is 4.82. The standard InChI is InChI=1S/C12H14N2O4S/c1-2-10-12(16)13-11(15)8-14(10)19(17,18)9-6-4-3-5-7-9/h3-7,10H,2,8H2,1H3,(H,13,15,16). The number of rotatable bonds is 3. The molecule has 1 aromatic carbocycles. The smallest absolute Gasteiger partial charge is 0.245 e. The van der Waals surface area contributed by atoms with E-state index < -0.39 is 27.9 Å². The maximum absolute atomic E-state index is 12.4. The molecular formula is C12H14N2O4S. The maximum Gasteiger partial charge on any atom is 0.245 e. The van der Waals surface area contributed by atoms with Gasteiger partial charge in [0.25, 0.3) is 0 Å². The minimum absolute atomic E-state index is 0.0796. The molecule has 1 aliphatic rings. The molecule has 6 nitrogen and oxygen atoms in total. The summed E-state index contributed by atoms with van der Waals surface area (Å²) in [6, 6.07) is 6.94. The van der Waals surface area contributed by atoms with Gasteiger partial charge >= 0.3 is 0 Å². The summed E-state index contributed by atoms with van der Waals surface area (Å²) in [6.07, 6.45) is 0.311. The van der Waals surface area contributed by atoms with Crippen molar-refractivity contribution in [3.8, 4) is 0 Å². The quantitative estimate of drug-likeness (QED) is 0.798. The van der Waals surface area contributed by atoms with Gasteiger partial charge < -0.3 is 0 Å². The molecular weight excluding hydrogens is 268 g/mol. The number of imide groups is 1. The Kier molecular flexibility index (Phi) is 3.68. The van der Waals surface area contributed by atoms with Crippen molar-refractivity contribution >= 4 is 21.8 Å². The molecule has 19 heavy (non-hydrogen) atoms. The summed E-state index contributed by atoms with van der Waals surface area (Å²) in [4.78, 5) is 23.2. The van der Waals surface area contributed by atoms with E-state index >= 15 is 0 Å². The molecule has 0 aromatic heterocycles. The van der Waals surface area contributed by atoms with Crippen molar-refractivity contribution in [2.45, 2.75) is 24.3 Å². The molecule has 2 amide bonds. The van der Waals surface area contributed by atoms with Crippen LogP contribution in [-0.4, -0.2) is 37.1 Å². The highest BCUT2D eigenvalue weighted by atomic mass is 32.2. The number of hydrogen-bond acceptors (Lipinski definition) is 4. The van der Waals surface area contributed by atoms with E-state index in [0.29, 0.717) is 6.42 Å². The number of nitrogens with zero attached hydrogens (tertiary/aromatic N) is 1. The van der Waals surface area contributed by atoms with Crippen LogP contribution in [0.2, 0.25) is 0 Å². The molecule has 0 radical (unpaired) electrons. The molecule has 102 valence electrons. The molecule has 0 aliphatic carbocycles. The second-order valence-electron chi connectivity index (χ2n) is 4.20. The Morgan fingerprint density at radius 2 is 1.89 bits per heavy atom. The van der Waals surface area contributed by atoms with Gasteiger partial charge in [0.05, 0.1) is 11.4 Å². The van der Waals surface area contributed by atoms with Crippen LogP contribution in [0.15, 0.2) is 35.2 Å². The highest BCUT2D eigenvalue weighted by Crippen LogP contribution is 2.21. The number of piperazine rings is 1. The van der Waals surface area contributed by atoms with Crippen molar-refractivity contribution in [3.63, 3.8) is 0 Å². The van der Waals surface area contributed by atoms with Gasteiger partial charge in [0, 0.05) is 0 Å². The number of sulfonamides is 1. The molecule has 1 heterocycles. The lowest BCUT2D eigenvalue weighted by atomic mass is 10.2. The topological polar surface area (TPSA) is 83.6 Å². The second kappa shape index (κ2) is 5.10. The maximum atomic E-state index is 12.4. The molecule has 7 heteroatoms. The molecule has 1 fully saturated rings. The third kappa shape index (κ3) is 2.52. The SMILES string of the molecule is CCC1C(=O)NC(=O)CN1S(=O)(=O)c1ccccc1. The average molecular weight is 282 g/mol. The van der Waals surface area contributed by atoms with Gasteiger partial charge in [-0.15, -0.1) is 0 Å². The minimum Gasteiger partial charge on any atom is -0.294 e. The highest BCUT2D eigenvalue weighted by Gasteiger charge is 2.40. The van der Waals surface area contributed by atoms with Gasteiger partial charge in [0.15, 0.2) is 0 Å². The van der Waals surface area contributed by atoms with Crippen molar-refractivity contribution in [3.05, 3.63) is 30.3 Å². The number of carbonyl (C=O) groups excluding carboxylic acids is 2. The van der Waals surface area contributed by atoms with Crippen LogP contribution in [0.3, 0.4) is 0 Å². The van der Waals surface area contributed by atoms with E-state index in [1.54, 1.807) is 25.1 Å². The summed E-state index contributed by atoms with van der Waals surface area (Å²) < 4.78 is 25.8. The Labute approximate surface area is 111 Å². The lowest BCUT2D eigenvalue weighted by Gasteiger charge is -2.32. The van der Waals surface area contributed by atoms with Crippen LogP contribution in [0, 0.1) is 0 Å². The number of amides is 2. The van der Waals surface area contributed by atoms with Crippen molar-refractivity contribution in [1.82, 2.24) is 9.62 Å². The Bertz CT molecular complexity index is 597. The summed E-state index contributed by atoms with van der Waals surface area (Å²) in [6.45, 7) is 1.37. The highest BCUT2D eigenvalue weighted by molar-refractivity contribution is 7.89. The van der Waals surface area contributed by atoms with E-state index in [2.05, 4.69) is 5.32 Å². The van der Waals surface area contributed by atoms with E-state index in [1.165, 1.54) is 12.1 Å². The van der Waals surface area contributed by atoms with Gasteiger partial charge in [-0.2, -0.15) is 4.31 Å². The van der Waals surface area contributed by atoms with Gasteiger partial charge in [-0.05, 0) is 18.6 Å². The summed E-state index contributed by atoms with van der Waals surface area (Å²) in [5.41, 5.74) is 0. The number of carbonyl (C=O) groups is 2. The molecule has 1 aliphatic heterocycles. The molecule has 0 spiro atoms. The van der Waals surface area contributed by atoms with Crippen molar-refractivity contribution in [1.29, 1.82) is 0 Å². The summed E-state index contributed by atoms with van der Waals surface area (Å²) in [5, 5.41) is 2.15. The van der Waals surface area contributed by atoms with Crippen LogP contribution in [0.25, 0.3) is 0 Å². The van der Waals surface area contributed by atoms with E-state index in [4.69, 9.17) is 0 Å². The van der Waals surface area contributed by atoms with E-state index in [0.717, 1.165) is 4.31 Å². The van der Waals surface area contributed by atoms with Gasteiger partial charge in [-0.1, -0.05) is 25.1 Å². The normalized spacial score (nSPS) is 21.2. The number of nitrogens with one attached hydrogen (secondary N) is 1. The molecule has 1 aromatic rings. The lowest BCUT2D eigenvalue weighted by Crippen LogP contribution is -2.59. The first kappa shape index (κ1) is 13.7. The molecule has 0 bridgehead atoms. The van der Waals surface area contributed by atoms with Crippen LogP contribution in [0.4, 0.5) is 0 Å². The molecule has 0 saturated carbocycles. The van der Waals surface area contributed by atoms with E-state index in [9.17, 15) is 18.0 Å². The van der Waals surface area contributed by atoms with Crippen LogP contribution >= 0.6 is 0 Å². The minimum atomic E-state index is -3.84. The second-order valence-corrected chi connectivity index (χ2v) is 6.09. The van der Waals surface area contributed by atoms with Crippen molar-refractivity contribution in [2.24, 2.45) is 0 Å². The fourth-order valence-corrected chi connectivity index (χ4v) is 3.65. The van der Waals surface area contributed by atoms with Gasteiger partial charge in [0.1, 0.15) is 6.04 Å². The fraction of sp³-hybridized carbons (Fsp3) is 0.333. The molecule has 1 unspecified atom stereocenters. The number of benzene rings is 1. The number of hydrogen-bond donors (Lipinski definition) is 1. The lowest BCUT2D eigenvalue weighted by molar-refractivity contribution is -0.137. The fourth-order valence-electron chi connectivity index (χ4n) is 2.01. The van der Waals surface area contributed by atoms with Crippen molar-refractivity contribution in [2.75, 3.05) is 6.54 Å². The zero-order valence-corrected chi connectivity index (χ0v) is 11.2. The largest absolute Gasteiger partial charge is 0.294 e. The molecule has 1 saturated heterocycles.